The highest BCUT2D eigenvalue weighted by molar-refractivity contribution is 7.25. The first-order chi connectivity index (χ1) is 23.1. The fraction of sp³-hybridized carbons (Fsp3) is 0.583. The quantitative estimate of drug-likeness (QED) is 0.213. The number of rotatable bonds is 9. The summed E-state index contributed by atoms with van der Waals surface area (Å²) in [6, 6.07) is 3.46. The maximum Gasteiger partial charge on any atom is 0.319 e. The topological polar surface area (TPSA) is 102 Å². The molecule has 12 heteroatoms. The van der Waals surface area contributed by atoms with Crippen LogP contribution in [0.4, 0.5) is 14.6 Å². The van der Waals surface area contributed by atoms with Gasteiger partial charge in [0.2, 0.25) is 0 Å². The number of aromatic nitrogens is 3. The van der Waals surface area contributed by atoms with Gasteiger partial charge in [0.25, 0.3) is 5.92 Å². The number of hydrogen-bond donors (Lipinski definition) is 2. The smallest absolute Gasteiger partial charge is 0.319 e. The summed E-state index contributed by atoms with van der Waals surface area (Å²) < 4.78 is 37.0. The second kappa shape index (κ2) is 14.6. The molecule has 4 fully saturated rings. The van der Waals surface area contributed by atoms with Crippen LogP contribution in [0.25, 0.3) is 26.4 Å². The number of halogens is 2. The predicted molar refractivity (Wildman–Crippen MR) is 190 cm³/mol. The highest BCUT2D eigenvalue weighted by Crippen LogP contribution is 2.49. The van der Waals surface area contributed by atoms with Gasteiger partial charge in [0.05, 0.1) is 22.9 Å². The van der Waals surface area contributed by atoms with Crippen molar-refractivity contribution in [2.45, 2.75) is 70.4 Å². The predicted octanol–water partition coefficient (Wildman–Crippen LogP) is 5.85. The van der Waals surface area contributed by atoms with Crippen LogP contribution in [0.15, 0.2) is 29.1 Å². The summed E-state index contributed by atoms with van der Waals surface area (Å²) in [5.74, 6) is 1.59. The van der Waals surface area contributed by atoms with E-state index >= 15 is 0 Å². The van der Waals surface area contributed by atoms with Crippen molar-refractivity contribution in [1.29, 1.82) is 0 Å². The zero-order valence-corrected chi connectivity index (χ0v) is 29.2. The van der Waals surface area contributed by atoms with Crippen LogP contribution in [0.2, 0.25) is 0 Å². The van der Waals surface area contributed by atoms with E-state index in [0.29, 0.717) is 36.3 Å². The Kier molecular flexibility index (Phi) is 10.5. The van der Waals surface area contributed by atoms with E-state index in [1.54, 1.807) is 25.6 Å². The lowest BCUT2D eigenvalue weighted by Crippen LogP contribution is -2.51. The molecular weight excluding hydrogens is 633 g/mol. The lowest BCUT2D eigenvalue weighted by atomic mass is 9.98. The van der Waals surface area contributed by atoms with E-state index in [1.807, 2.05) is 13.1 Å². The molecule has 4 aliphatic rings. The molecule has 48 heavy (non-hydrogen) atoms. The SMILES string of the molecule is C#CC(/C(=C\c1nccc2c1sc1nc(OC)nc(N3CC4CCC(C3)N4)c12)CC)=C(/C)N.COCC1CCN(CC2CC2(F)F)CC1. The monoisotopic (exact) mass is 679 g/mol. The van der Waals surface area contributed by atoms with Crippen molar-refractivity contribution in [3.8, 4) is 18.4 Å². The Morgan fingerprint density at radius 2 is 1.90 bits per heavy atom. The van der Waals surface area contributed by atoms with Crippen molar-refractivity contribution in [2.75, 3.05) is 58.5 Å². The normalized spacial score (nSPS) is 24.6. The number of anilines is 1. The van der Waals surface area contributed by atoms with Gasteiger partial charge in [-0.2, -0.15) is 9.97 Å². The van der Waals surface area contributed by atoms with Gasteiger partial charge in [-0.25, -0.2) is 8.78 Å². The van der Waals surface area contributed by atoms with Crippen LogP contribution >= 0.6 is 11.3 Å². The van der Waals surface area contributed by atoms with E-state index in [0.717, 1.165) is 95.0 Å². The average Bonchev–Trinajstić information content (AvgIpc) is 3.34. The molecule has 2 bridgehead atoms. The molecular formula is C36H47F2N7O2S. The van der Waals surface area contributed by atoms with Crippen LogP contribution in [0.5, 0.6) is 6.01 Å². The van der Waals surface area contributed by atoms with Crippen molar-refractivity contribution < 1.29 is 18.3 Å². The number of fused-ring (bicyclic) bond motifs is 5. The minimum absolute atomic E-state index is 0.102. The van der Waals surface area contributed by atoms with Crippen LogP contribution in [-0.2, 0) is 4.74 Å². The molecule has 3 aromatic rings. The van der Waals surface area contributed by atoms with Gasteiger partial charge in [-0.15, -0.1) is 17.8 Å². The second-order valence-corrected chi connectivity index (χ2v) is 14.5. The highest BCUT2D eigenvalue weighted by atomic mass is 32.1. The number of hydrogen-bond acceptors (Lipinski definition) is 10. The molecule has 9 nitrogen and oxygen atoms in total. The lowest BCUT2D eigenvalue weighted by molar-refractivity contribution is 0.0694. The molecule has 0 spiro atoms. The van der Waals surface area contributed by atoms with Gasteiger partial charge in [-0.3, -0.25) is 4.98 Å². The van der Waals surface area contributed by atoms with Crippen molar-refractivity contribution in [1.82, 2.24) is 25.2 Å². The summed E-state index contributed by atoms with van der Waals surface area (Å²) in [7, 11) is 3.34. The van der Waals surface area contributed by atoms with Crippen molar-refractivity contribution in [3.63, 3.8) is 0 Å². The molecule has 3 aromatic heterocycles. The summed E-state index contributed by atoms with van der Waals surface area (Å²) in [4.78, 5) is 19.7. The largest absolute Gasteiger partial charge is 0.467 e. The number of piperidine rings is 1. The van der Waals surface area contributed by atoms with Gasteiger partial charge in [0.15, 0.2) is 0 Å². The highest BCUT2D eigenvalue weighted by Gasteiger charge is 2.57. The van der Waals surface area contributed by atoms with Gasteiger partial charge in [0.1, 0.15) is 10.6 Å². The van der Waals surface area contributed by atoms with Crippen molar-refractivity contribution in [3.05, 3.63) is 34.8 Å². The van der Waals surface area contributed by atoms with Crippen LogP contribution in [0.1, 0.15) is 58.1 Å². The zero-order chi connectivity index (χ0) is 34.0. The number of pyridine rings is 1. The van der Waals surface area contributed by atoms with Crippen LogP contribution < -0.4 is 20.7 Å². The number of allylic oxidation sites excluding steroid dienone is 3. The minimum Gasteiger partial charge on any atom is -0.467 e. The van der Waals surface area contributed by atoms with E-state index in [-0.39, 0.29) is 12.3 Å². The number of nitrogens with one attached hydrogen (secondary N) is 1. The summed E-state index contributed by atoms with van der Waals surface area (Å²) >= 11 is 1.61. The third-order valence-corrected chi connectivity index (χ3v) is 11.2. The summed E-state index contributed by atoms with van der Waals surface area (Å²) in [5.41, 5.74) is 9.29. The number of ether oxygens (including phenoxy) is 2. The van der Waals surface area contributed by atoms with Crippen molar-refractivity contribution in [2.24, 2.45) is 17.6 Å². The fourth-order valence-corrected chi connectivity index (χ4v) is 8.42. The van der Waals surface area contributed by atoms with E-state index in [1.165, 1.54) is 12.8 Å². The number of thiophene rings is 1. The van der Waals surface area contributed by atoms with Gasteiger partial charge in [-0.1, -0.05) is 12.8 Å². The first-order valence-corrected chi connectivity index (χ1v) is 17.8. The first-order valence-electron chi connectivity index (χ1n) is 17.0. The molecule has 6 heterocycles. The molecule has 7 rings (SSSR count). The molecule has 1 saturated carbocycles. The van der Waals surface area contributed by atoms with Gasteiger partial charge < -0.3 is 30.3 Å². The molecule has 1 aliphatic carbocycles. The Morgan fingerprint density at radius 1 is 1.19 bits per heavy atom. The molecule has 258 valence electrons. The van der Waals surface area contributed by atoms with Crippen LogP contribution in [0, 0.1) is 24.2 Å². The molecule has 0 radical (unpaired) electrons. The number of nitrogens with zero attached hydrogens (tertiary/aromatic N) is 5. The number of alkyl halides is 2. The van der Waals surface area contributed by atoms with Gasteiger partial charge >= 0.3 is 6.01 Å². The molecule has 3 N–H and O–H groups in total. The third kappa shape index (κ3) is 7.44. The van der Waals surface area contributed by atoms with E-state index in [4.69, 9.17) is 31.6 Å². The summed E-state index contributed by atoms with van der Waals surface area (Å²) in [5, 5.41) is 5.87. The Morgan fingerprint density at radius 3 is 2.48 bits per heavy atom. The van der Waals surface area contributed by atoms with Crippen LogP contribution in [0.3, 0.4) is 0 Å². The van der Waals surface area contributed by atoms with E-state index in [9.17, 15) is 8.78 Å². The fourth-order valence-electron chi connectivity index (χ4n) is 7.30. The molecule has 3 saturated heterocycles. The maximum atomic E-state index is 12.7. The summed E-state index contributed by atoms with van der Waals surface area (Å²) in [6.45, 7) is 9.10. The Hall–Kier alpha value is -3.37. The Bertz CT molecular complexity index is 1710. The standard InChI is InChI=1S/C25H28N6OS.C11H19F2NO/c1-5-15(18(6-2)14(3)26)11-20-22-19(9-10-27-20)21-23(29-25(32-4)30-24(21)33-22)31-12-16-7-8-17(13-31)28-16;1-15-8-9-2-4-14(5-3-9)7-10-6-11(10,12)13/h2,9-11,16-17,28H,5,7-8,12-13,26H2,1,3-4H3;9-10H,2-8H2,1H3/b15-11-,18-14+;. The Labute approximate surface area is 286 Å². The Balaban J connectivity index is 0.000000223. The average molecular weight is 680 g/mol. The molecule has 0 aromatic carbocycles. The number of piperazine rings is 1. The molecule has 3 atom stereocenters. The zero-order valence-electron chi connectivity index (χ0n) is 28.4. The number of nitrogens with two attached hydrogens (primary N) is 1. The molecule has 0 amide bonds. The van der Waals surface area contributed by atoms with E-state index in [2.05, 4.69) is 45.1 Å². The minimum atomic E-state index is -2.36. The lowest BCUT2D eigenvalue weighted by Gasteiger charge is -2.34. The maximum absolute atomic E-state index is 12.7. The van der Waals surface area contributed by atoms with Gasteiger partial charge in [-0.05, 0) is 75.8 Å². The number of likely N-dealkylation sites (tertiary alicyclic amines) is 1. The van der Waals surface area contributed by atoms with Crippen LogP contribution in [-0.4, -0.2) is 91.4 Å². The third-order valence-electron chi connectivity index (χ3n) is 10.0. The first kappa shape index (κ1) is 34.5. The molecule has 3 aliphatic heterocycles. The number of methoxy groups -OCH3 is 2. The summed E-state index contributed by atoms with van der Waals surface area (Å²) in [6.07, 6.45) is 15.1. The number of terminal acetylenes is 1. The molecule has 3 unspecified atom stereocenters. The van der Waals surface area contributed by atoms with E-state index < -0.39 is 5.92 Å². The van der Waals surface area contributed by atoms with Crippen molar-refractivity contribution >= 4 is 43.5 Å². The second-order valence-electron chi connectivity index (χ2n) is 13.5. The van der Waals surface area contributed by atoms with Gasteiger partial charge in [0, 0.05) is 80.6 Å².